The lowest BCUT2D eigenvalue weighted by Crippen LogP contribution is -2.40. The molecular weight excluding hydrogens is 432 g/mol. The summed E-state index contributed by atoms with van der Waals surface area (Å²) in [6, 6.07) is 40.6. The normalized spacial score (nSPS) is 33.5. The van der Waals surface area contributed by atoms with Crippen molar-refractivity contribution in [1.29, 1.82) is 0 Å². The first-order valence-corrected chi connectivity index (χ1v) is 12.3. The predicted octanol–water partition coefficient (Wildman–Crippen LogP) is 6.99. The summed E-state index contributed by atoms with van der Waals surface area (Å²) >= 11 is 9.66. The second-order valence-corrected chi connectivity index (χ2v) is 10.7. The molecule has 2 aliphatic heterocycles. The highest BCUT2D eigenvalue weighted by molar-refractivity contribution is 8.00. The molecule has 3 aliphatic rings. The van der Waals surface area contributed by atoms with Crippen LogP contribution in [0.1, 0.15) is 22.3 Å². The van der Waals surface area contributed by atoms with E-state index in [1.165, 1.54) is 21.6 Å². The fourth-order valence-electron chi connectivity index (χ4n) is 6.22. The number of ether oxygens (including phenoxy) is 1. The van der Waals surface area contributed by atoms with Crippen LogP contribution < -0.4 is 0 Å². The third kappa shape index (κ3) is 2.11. The van der Waals surface area contributed by atoms with Gasteiger partial charge in [0.2, 0.25) is 0 Å². The number of hydrogen-bond donors (Lipinski definition) is 0. The Hall–Kier alpha value is -2.52. The molecule has 4 aromatic rings. The van der Waals surface area contributed by atoms with Gasteiger partial charge in [-0.1, -0.05) is 103 Å². The van der Waals surface area contributed by atoms with Crippen molar-refractivity contribution in [3.05, 3.63) is 138 Å². The SMILES string of the molecule is Cl[C@]12[C@H]([C@@H]1Sc1ccccc1)[C@]1(c3ccccc3)O[C@@]2(c2ccccc2)c2ccccc21. The molecule has 3 heteroatoms. The van der Waals surface area contributed by atoms with Gasteiger partial charge in [-0.05, 0) is 34.4 Å². The van der Waals surface area contributed by atoms with Crippen LogP contribution in [0.2, 0.25) is 0 Å². The summed E-state index contributed by atoms with van der Waals surface area (Å²) in [4.78, 5) is 0.723. The van der Waals surface area contributed by atoms with Gasteiger partial charge in [0.25, 0.3) is 0 Å². The van der Waals surface area contributed by atoms with Crippen molar-refractivity contribution in [2.45, 2.75) is 26.2 Å². The van der Waals surface area contributed by atoms with Gasteiger partial charge < -0.3 is 4.74 Å². The van der Waals surface area contributed by atoms with Crippen molar-refractivity contribution in [3.63, 3.8) is 0 Å². The third-order valence-corrected chi connectivity index (χ3v) is 9.76. The van der Waals surface area contributed by atoms with E-state index in [1.54, 1.807) is 0 Å². The summed E-state index contributed by atoms with van der Waals surface area (Å²) in [6.45, 7) is 0. The molecule has 0 aromatic heterocycles. The van der Waals surface area contributed by atoms with E-state index in [9.17, 15) is 0 Å². The lowest BCUT2D eigenvalue weighted by Gasteiger charge is -2.35. The summed E-state index contributed by atoms with van der Waals surface area (Å²) in [5.41, 5.74) is 3.55. The zero-order valence-corrected chi connectivity index (χ0v) is 18.9. The summed E-state index contributed by atoms with van der Waals surface area (Å²) in [6.07, 6.45) is 0. The highest BCUT2D eigenvalue weighted by Gasteiger charge is 2.91. The molecule has 1 saturated carbocycles. The number of halogens is 1. The first-order valence-electron chi connectivity index (χ1n) is 11.0. The molecule has 2 fully saturated rings. The highest BCUT2D eigenvalue weighted by atomic mass is 35.5. The maximum absolute atomic E-state index is 7.77. The van der Waals surface area contributed by atoms with Gasteiger partial charge in [-0.15, -0.1) is 23.4 Å². The average Bonchev–Trinajstić information content (AvgIpc) is 3.23. The summed E-state index contributed by atoms with van der Waals surface area (Å²) in [7, 11) is 0. The van der Waals surface area contributed by atoms with Crippen LogP contribution in [0.3, 0.4) is 0 Å². The smallest absolute Gasteiger partial charge is 0.141 e. The maximum atomic E-state index is 7.77. The lowest BCUT2D eigenvalue weighted by molar-refractivity contribution is -0.0675. The van der Waals surface area contributed by atoms with Crippen LogP contribution in [0.4, 0.5) is 0 Å². The minimum absolute atomic E-state index is 0.166. The predicted molar refractivity (Wildman–Crippen MR) is 130 cm³/mol. The molecule has 156 valence electrons. The van der Waals surface area contributed by atoms with Crippen molar-refractivity contribution in [2.75, 3.05) is 0 Å². The molecule has 0 radical (unpaired) electrons. The molecule has 2 bridgehead atoms. The highest BCUT2D eigenvalue weighted by Crippen LogP contribution is 2.84. The molecule has 1 aliphatic carbocycles. The van der Waals surface area contributed by atoms with Crippen molar-refractivity contribution < 1.29 is 4.74 Å². The Labute approximate surface area is 197 Å². The van der Waals surface area contributed by atoms with Crippen LogP contribution in [-0.2, 0) is 15.9 Å². The molecule has 32 heavy (non-hydrogen) atoms. The second kappa shape index (κ2) is 6.51. The van der Waals surface area contributed by atoms with Gasteiger partial charge in [0.05, 0.1) is 0 Å². The third-order valence-electron chi connectivity index (χ3n) is 7.45. The van der Waals surface area contributed by atoms with E-state index in [0.29, 0.717) is 0 Å². The van der Waals surface area contributed by atoms with Gasteiger partial charge in [0, 0.05) is 16.1 Å². The van der Waals surface area contributed by atoms with E-state index in [0.717, 1.165) is 5.56 Å². The van der Waals surface area contributed by atoms with E-state index in [4.69, 9.17) is 16.3 Å². The number of fused-ring (bicyclic) bond motifs is 8. The average molecular weight is 453 g/mol. The van der Waals surface area contributed by atoms with Crippen LogP contribution >= 0.6 is 23.4 Å². The van der Waals surface area contributed by atoms with E-state index < -0.39 is 16.1 Å². The van der Waals surface area contributed by atoms with Crippen molar-refractivity contribution in [1.82, 2.24) is 0 Å². The quantitative estimate of drug-likeness (QED) is 0.309. The van der Waals surface area contributed by atoms with Crippen molar-refractivity contribution in [3.8, 4) is 0 Å². The minimum atomic E-state index is -0.681. The first-order chi connectivity index (χ1) is 15.7. The Morgan fingerprint density at radius 1 is 0.625 bits per heavy atom. The van der Waals surface area contributed by atoms with E-state index in [-0.39, 0.29) is 11.2 Å². The summed E-state index contributed by atoms with van der Waals surface area (Å²) in [5, 5.41) is 0.230. The molecule has 0 amide bonds. The Bertz CT molecular complexity index is 1310. The number of hydrogen-bond acceptors (Lipinski definition) is 2. The zero-order valence-electron chi connectivity index (χ0n) is 17.3. The Balaban J connectivity index is 1.50. The van der Waals surface area contributed by atoms with E-state index >= 15 is 0 Å². The molecule has 7 rings (SSSR count). The standard InChI is InChI=1S/C29H21ClOS/c30-28-25(26(28)32-22-16-8-3-9-17-22)27(20-12-4-1-5-13-20)23-18-10-11-19-24(23)29(28,31-27)21-14-6-2-7-15-21/h1-19,25-26H/t25-,26+,27-,28-,29+/m1/s1. The molecular formula is C29H21ClOS. The van der Waals surface area contributed by atoms with Crippen LogP contribution in [0.5, 0.6) is 0 Å². The molecule has 1 saturated heterocycles. The Morgan fingerprint density at radius 3 is 1.81 bits per heavy atom. The first kappa shape index (κ1) is 19.0. The topological polar surface area (TPSA) is 9.23 Å². The molecule has 1 nitrogen and oxygen atoms in total. The van der Waals surface area contributed by atoms with Gasteiger partial charge in [-0.3, -0.25) is 0 Å². The molecule has 0 N–H and O–H groups in total. The van der Waals surface area contributed by atoms with Crippen LogP contribution in [-0.4, -0.2) is 10.1 Å². The van der Waals surface area contributed by atoms with Gasteiger partial charge in [0.15, 0.2) is 0 Å². The second-order valence-electron chi connectivity index (χ2n) is 8.89. The monoisotopic (exact) mass is 452 g/mol. The molecule has 0 spiro atoms. The van der Waals surface area contributed by atoms with Gasteiger partial charge in [-0.25, -0.2) is 0 Å². The van der Waals surface area contributed by atoms with Gasteiger partial charge in [0.1, 0.15) is 16.1 Å². The van der Waals surface area contributed by atoms with Crippen molar-refractivity contribution >= 4 is 23.4 Å². The van der Waals surface area contributed by atoms with Crippen molar-refractivity contribution in [2.24, 2.45) is 5.92 Å². The molecule has 2 heterocycles. The van der Waals surface area contributed by atoms with Crippen LogP contribution in [0, 0.1) is 5.92 Å². The number of rotatable bonds is 4. The van der Waals surface area contributed by atoms with Gasteiger partial charge in [-0.2, -0.15) is 0 Å². The summed E-state index contributed by atoms with van der Waals surface area (Å²) in [5.74, 6) is 0.166. The molecule has 5 atom stereocenters. The number of alkyl halides is 1. The number of thioether (sulfide) groups is 1. The minimum Gasteiger partial charge on any atom is -0.347 e. The lowest BCUT2D eigenvalue weighted by atomic mass is 9.71. The van der Waals surface area contributed by atoms with Gasteiger partial charge >= 0.3 is 0 Å². The van der Waals surface area contributed by atoms with Crippen LogP contribution in [0.15, 0.2) is 120 Å². The largest absolute Gasteiger partial charge is 0.347 e. The molecule has 0 unspecified atom stereocenters. The van der Waals surface area contributed by atoms with E-state index in [1.807, 2.05) is 11.8 Å². The summed E-state index contributed by atoms with van der Waals surface area (Å²) < 4.78 is 7.28. The zero-order chi connectivity index (χ0) is 21.4. The fraction of sp³-hybridized carbons (Fsp3) is 0.172. The maximum Gasteiger partial charge on any atom is 0.141 e. The molecule has 4 aromatic carbocycles. The van der Waals surface area contributed by atoms with E-state index in [2.05, 4.69) is 115 Å². The Morgan fingerprint density at radius 2 is 1.16 bits per heavy atom. The Kier molecular flexibility index (Phi) is 3.86. The number of benzene rings is 4. The van der Waals surface area contributed by atoms with Crippen LogP contribution in [0.25, 0.3) is 0 Å². The fourth-order valence-corrected chi connectivity index (χ4v) is 8.58.